The van der Waals surface area contributed by atoms with Crippen LogP contribution in [0.25, 0.3) is 17.1 Å². The monoisotopic (exact) mass is 404 g/mol. The van der Waals surface area contributed by atoms with Crippen LogP contribution in [0, 0.1) is 3.15 Å². The van der Waals surface area contributed by atoms with Crippen molar-refractivity contribution in [3.05, 3.63) is 67.3 Å². The molecule has 0 atom stereocenters. The van der Waals surface area contributed by atoms with Crippen LogP contribution in [0.1, 0.15) is 0 Å². The van der Waals surface area contributed by atoms with Crippen LogP contribution in [0.3, 0.4) is 0 Å². The van der Waals surface area contributed by atoms with Crippen molar-refractivity contribution < 1.29 is 4.74 Å². The Balaban J connectivity index is 1.97. The van der Waals surface area contributed by atoms with E-state index in [2.05, 4.69) is 14.2 Å². The summed E-state index contributed by atoms with van der Waals surface area (Å²) in [6.45, 7) is 0. The number of nitrogens with zero attached hydrogens (tertiary/aromatic N) is 1. The number of halogens is 1. The first kappa shape index (κ1) is 13.5. The van der Waals surface area contributed by atoms with Crippen LogP contribution in [0.2, 0.25) is 0 Å². The molecule has 4 nitrogen and oxygen atoms in total. The van der Waals surface area contributed by atoms with Crippen LogP contribution in [-0.4, -0.2) is 12.1 Å². The van der Waals surface area contributed by atoms with Crippen LogP contribution < -0.4 is 18.6 Å². The van der Waals surface area contributed by atoms with Crippen molar-refractivity contribution in [2.24, 2.45) is 0 Å². The topological polar surface area (TPSA) is 45.3 Å². The first-order valence-electron chi connectivity index (χ1n) is 6.84. The summed E-state index contributed by atoms with van der Waals surface area (Å²) in [5.41, 5.74) is 1.96. The summed E-state index contributed by atoms with van der Waals surface area (Å²) < 4.78 is 8.66. The quantitative estimate of drug-likeness (QED) is 0.528. The number of hydrogen-bond donors (Lipinski definition) is 1. The van der Waals surface area contributed by atoms with Crippen LogP contribution >= 0.6 is 21.0 Å². The third-order valence-electron chi connectivity index (χ3n) is 3.61. The van der Waals surface area contributed by atoms with Crippen molar-refractivity contribution >= 4 is 43.8 Å². The molecule has 0 bridgehead atoms. The molecule has 22 heavy (non-hydrogen) atoms. The van der Waals surface area contributed by atoms with Crippen molar-refractivity contribution in [2.45, 2.75) is 0 Å². The Kier molecular flexibility index (Phi) is 3.22. The molecule has 4 rings (SSSR count). The largest absolute Gasteiger partial charge is 0.497 e. The van der Waals surface area contributed by atoms with E-state index in [1.165, 1.54) is 3.15 Å². The van der Waals surface area contributed by atoms with Gasteiger partial charge in [0.25, 0.3) is 5.56 Å². The summed E-state index contributed by atoms with van der Waals surface area (Å²) in [5.74, 6) is 0.824. The SMILES string of the molecule is COc1cccc(N2C=c3c(=O)[nH]c4ccccc4c3=I2)c1. The predicted octanol–water partition coefficient (Wildman–Crippen LogP) is 2.93. The van der Waals surface area contributed by atoms with E-state index in [0.717, 1.165) is 27.6 Å². The number of ether oxygens (including phenoxy) is 1. The molecule has 2 heterocycles. The van der Waals surface area contributed by atoms with E-state index in [-0.39, 0.29) is 5.56 Å². The lowest BCUT2D eigenvalue weighted by atomic mass is 10.2. The van der Waals surface area contributed by atoms with E-state index in [0.29, 0.717) is 0 Å². The van der Waals surface area contributed by atoms with Crippen LogP contribution in [0.4, 0.5) is 5.69 Å². The van der Waals surface area contributed by atoms with Crippen LogP contribution in [-0.2, 0) is 0 Å². The van der Waals surface area contributed by atoms with Crippen molar-refractivity contribution in [3.8, 4) is 5.75 Å². The lowest BCUT2D eigenvalue weighted by Crippen LogP contribution is -2.27. The van der Waals surface area contributed by atoms with E-state index in [4.69, 9.17) is 4.74 Å². The third kappa shape index (κ3) is 2.12. The second-order valence-electron chi connectivity index (χ2n) is 4.95. The van der Waals surface area contributed by atoms with Gasteiger partial charge in [-0.25, -0.2) is 0 Å². The van der Waals surface area contributed by atoms with E-state index < -0.39 is 21.0 Å². The smallest absolute Gasteiger partial charge is 0.258 e. The van der Waals surface area contributed by atoms with Crippen LogP contribution in [0.5, 0.6) is 5.75 Å². The molecular weight excluding hydrogens is 391 g/mol. The first-order chi connectivity index (χ1) is 10.8. The van der Waals surface area contributed by atoms with Crippen molar-refractivity contribution in [1.82, 2.24) is 4.98 Å². The molecular formula is C17H13IN2O2. The van der Waals surface area contributed by atoms with Gasteiger partial charge in [0, 0.05) is 47.3 Å². The fraction of sp³-hybridized carbons (Fsp3) is 0.0588. The molecule has 2 aromatic carbocycles. The minimum atomic E-state index is -0.457. The molecule has 0 aliphatic carbocycles. The summed E-state index contributed by atoms with van der Waals surface area (Å²) in [6, 6.07) is 15.9. The summed E-state index contributed by atoms with van der Waals surface area (Å²) >= 11 is -0.457. The Morgan fingerprint density at radius 3 is 2.86 bits per heavy atom. The molecule has 1 N–H and O–H groups in total. The Morgan fingerprint density at radius 2 is 2.00 bits per heavy atom. The van der Waals surface area contributed by atoms with E-state index in [9.17, 15) is 4.79 Å². The molecule has 5 heteroatoms. The van der Waals surface area contributed by atoms with Gasteiger partial charge in [-0.3, -0.25) is 7.91 Å². The zero-order valence-corrected chi connectivity index (χ0v) is 14.0. The highest BCUT2D eigenvalue weighted by Gasteiger charge is 2.12. The Bertz CT molecular complexity index is 1060. The number of nitrogens with one attached hydrogen (secondary N) is 1. The van der Waals surface area contributed by atoms with Crippen molar-refractivity contribution in [2.75, 3.05) is 10.2 Å². The van der Waals surface area contributed by atoms with E-state index in [1.54, 1.807) is 7.11 Å². The number of pyridine rings is 1. The number of aromatic nitrogens is 1. The fourth-order valence-electron chi connectivity index (χ4n) is 2.52. The van der Waals surface area contributed by atoms with Gasteiger partial charge in [0.15, 0.2) is 0 Å². The molecule has 0 fully saturated rings. The normalized spacial score (nSPS) is 13.0. The van der Waals surface area contributed by atoms with Crippen LogP contribution in [0.15, 0.2) is 53.3 Å². The Morgan fingerprint density at radius 1 is 1.14 bits per heavy atom. The highest BCUT2D eigenvalue weighted by Crippen LogP contribution is 2.30. The highest BCUT2D eigenvalue weighted by atomic mass is 127. The minimum absolute atomic E-state index is 0.0150. The Hall–Kier alpha value is -2.15. The fourth-order valence-corrected chi connectivity index (χ4v) is 5.41. The van der Waals surface area contributed by atoms with Gasteiger partial charge < -0.3 is 9.72 Å². The van der Waals surface area contributed by atoms with Gasteiger partial charge in [-0.2, -0.15) is 0 Å². The predicted molar refractivity (Wildman–Crippen MR) is 97.0 cm³/mol. The minimum Gasteiger partial charge on any atom is -0.497 e. The Labute approximate surface area is 136 Å². The van der Waals surface area contributed by atoms with Gasteiger partial charge in [-0.15, -0.1) is 0 Å². The molecule has 0 unspecified atom stereocenters. The van der Waals surface area contributed by atoms with Gasteiger partial charge in [0.1, 0.15) is 5.75 Å². The summed E-state index contributed by atoms with van der Waals surface area (Å²) in [6.07, 6.45) is 1.96. The van der Waals surface area contributed by atoms with Gasteiger partial charge in [-0.1, -0.05) is 24.3 Å². The average molecular weight is 404 g/mol. The lowest BCUT2D eigenvalue weighted by Gasteiger charge is -2.12. The number of para-hydroxylation sites is 1. The molecule has 0 amide bonds. The van der Waals surface area contributed by atoms with E-state index >= 15 is 0 Å². The number of methoxy groups -OCH3 is 1. The molecule has 0 saturated heterocycles. The number of aromatic amines is 1. The molecule has 0 radical (unpaired) electrons. The standard InChI is InChI=1S/C17H13IN2O2/c1-22-12-6-4-5-11(9-12)20-10-14-16(18-20)13-7-2-3-8-15(13)19-17(14)21/h2-10H,1H3,(H,19,21). The summed E-state index contributed by atoms with van der Waals surface area (Å²) in [7, 11) is 1.66. The number of rotatable bonds is 2. The zero-order valence-electron chi connectivity index (χ0n) is 11.8. The summed E-state index contributed by atoms with van der Waals surface area (Å²) in [4.78, 5) is 15.3. The highest BCUT2D eigenvalue weighted by molar-refractivity contribution is 14.2. The van der Waals surface area contributed by atoms with Gasteiger partial charge in [0.05, 0.1) is 18.0 Å². The number of benzene rings is 2. The molecule has 1 aromatic heterocycles. The summed E-state index contributed by atoms with van der Waals surface area (Å²) in [5, 5.41) is 1.93. The first-order valence-corrected chi connectivity index (χ1v) is 8.89. The maximum absolute atomic E-state index is 12.3. The van der Waals surface area contributed by atoms with Gasteiger partial charge in [-0.05, 0) is 18.2 Å². The number of fused-ring (bicyclic) bond motifs is 3. The van der Waals surface area contributed by atoms with E-state index in [1.807, 2.05) is 48.7 Å². The van der Waals surface area contributed by atoms with Gasteiger partial charge >= 0.3 is 0 Å². The lowest BCUT2D eigenvalue weighted by molar-refractivity contribution is 0.415. The second-order valence-corrected chi connectivity index (χ2v) is 7.55. The molecule has 1 aliphatic rings. The number of H-pyrrole nitrogens is 1. The molecule has 0 spiro atoms. The second kappa shape index (κ2) is 5.24. The zero-order chi connectivity index (χ0) is 15.1. The number of hydrogen-bond acceptors (Lipinski definition) is 3. The third-order valence-corrected chi connectivity index (χ3v) is 6.61. The van der Waals surface area contributed by atoms with Crippen molar-refractivity contribution in [3.63, 3.8) is 0 Å². The number of anilines is 1. The van der Waals surface area contributed by atoms with Gasteiger partial charge in [0.2, 0.25) is 0 Å². The molecule has 110 valence electrons. The van der Waals surface area contributed by atoms with Crippen molar-refractivity contribution in [1.29, 1.82) is 0 Å². The average Bonchev–Trinajstić information content (AvgIpc) is 3.01. The maximum atomic E-state index is 12.3. The molecule has 0 saturated carbocycles. The maximum Gasteiger partial charge on any atom is 0.258 e. The molecule has 1 aliphatic heterocycles. The molecule has 3 aromatic rings.